The van der Waals surface area contributed by atoms with Crippen molar-refractivity contribution in [1.29, 1.82) is 0 Å². The Bertz CT molecular complexity index is 193. The van der Waals surface area contributed by atoms with Gasteiger partial charge in [-0.2, -0.15) is 0 Å². The van der Waals surface area contributed by atoms with Crippen molar-refractivity contribution in [3.63, 3.8) is 0 Å². The van der Waals surface area contributed by atoms with E-state index in [0.29, 0.717) is 10.8 Å². The van der Waals surface area contributed by atoms with Gasteiger partial charge in [-0.05, 0) is 42.6 Å². The number of hydrogen-bond donors (Lipinski definition) is 2. The second-order valence-electron chi connectivity index (χ2n) is 6.57. The fourth-order valence-electron chi connectivity index (χ4n) is 2.47. The zero-order chi connectivity index (χ0) is 11.5. The Morgan fingerprint density at radius 2 is 1.93 bits per heavy atom. The van der Waals surface area contributed by atoms with Crippen LogP contribution in [0.2, 0.25) is 0 Å². The third-order valence-electron chi connectivity index (χ3n) is 3.45. The predicted molar refractivity (Wildman–Crippen MR) is 66.8 cm³/mol. The summed E-state index contributed by atoms with van der Waals surface area (Å²) in [5.74, 6) is 0.784. The molecule has 2 heteroatoms. The molecule has 0 amide bonds. The molecule has 15 heavy (non-hydrogen) atoms. The van der Waals surface area contributed by atoms with Crippen molar-refractivity contribution >= 4 is 0 Å². The lowest BCUT2D eigenvalue weighted by Crippen LogP contribution is -2.36. The van der Waals surface area contributed by atoms with E-state index in [1.165, 1.54) is 19.3 Å². The molecule has 90 valence electrons. The van der Waals surface area contributed by atoms with E-state index in [1.54, 1.807) is 0 Å². The van der Waals surface area contributed by atoms with Gasteiger partial charge in [-0.3, -0.25) is 0 Å². The van der Waals surface area contributed by atoms with E-state index in [-0.39, 0.29) is 0 Å². The van der Waals surface area contributed by atoms with Gasteiger partial charge in [0.15, 0.2) is 0 Å². The van der Waals surface area contributed by atoms with Gasteiger partial charge in [0.05, 0.1) is 0 Å². The molecule has 0 atom stereocenters. The van der Waals surface area contributed by atoms with Gasteiger partial charge >= 0.3 is 0 Å². The highest BCUT2D eigenvalue weighted by Gasteiger charge is 2.40. The lowest BCUT2D eigenvalue weighted by atomic mass is 9.84. The molecule has 0 saturated heterocycles. The van der Waals surface area contributed by atoms with E-state index in [9.17, 15) is 0 Å². The first-order chi connectivity index (χ1) is 6.89. The van der Waals surface area contributed by atoms with E-state index < -0.39 is 0 Å². The molecule has 2 nitrogen and oxygen atoms in total. The van der Waals surface area contributed by atoms with Crippen molar-refractivity contribution < 1.29 is 0 Å². The molecule has 1 aliphatic rings. The topological polar surface area (TPSA) is 38.0 Å². The van der Waals surface area contributed by atoms with Gasteiger partial charge in [0, 0.05) is 13.1 Å². The number of nitrogens with one attached hydrogen (secondary N) is 1. The Kier molecular flexibility index (Phi) is 4.19. The smallest absolute Gasteiger partial charge is 0.00201 e. The molecule has 0 aromatic heterocycles. The van der Waals surface area contributed by atoms with Crippen LogP contribution in [0.5, 0.6) is 0 Å². The molecule has 0 radical (unpaired) electrons. The molecule has 0 spiro atoms. The number of hydrogen-bond acceptors (Lipinski definition) is 2. The quantitative estimate of drug-likeness (QED) is 0.680. The first-order valence-electron chi connectivity index (χ1n) is 6.30. The van der Waals surface area contributed by atoms with Crippen LogP contribution in [0.3, 0.4) is 0 Å². The third-order valence-corrected chi connectivity index (χ3v) is 3.45. The molecule has 0 aliphatic heterocycles. The molecule has 1 rings (SSSR count). The summed E-state index contributed by atoms with van der Waals surface area (Å²) >= 11 is 0. The first kappa shape index (κ1) is 13.0. The second kappa shape index (κ2) is 4.84. The van der Waals surface area contributed by atoms with Gasteiger partial charge in [0.25, 0.3) is 0 Å². The highest BCUT2D eigenvalue weighted by atomic mass is 14.9. The number of rotatable bonds is 7. The molecule has 0 unspecified atom stereocenters. The van der Waals surface area contributed by atoms with Crippen LogP contribution in [0.4, 0.5) is 0 Å². The van der Waals surface area contributed by atoms with Gasteiger partial charge < -0.3 is 11.1 Å². The average molecular weight is 212 g/mol. The lowest BCUT2D eigenvalue weighted by molar-refractivity contribution is 0.265. The van der Waals surface area contributed by atoms with Crippen molar-refractivity contribution in [2.75, 3.05) is 19.6 Å². The van der Waals surface area contributed by atoms with E-state index in [4.69, 9.17) is 5.73 Å². The van der Waals surface area contributed by atoms with Crippen LogP contribution in [0.25, 0.3) is 0 Å². The SMILES string of the molecule is CC(C)CC(C)(C)CNCC1(CN)CC1. The van der Waals surface area contributed by atoms with Crippen LogP contribution in [-0.4, -0.2) is 19.6 Å². The minimum Gasteiger partial charge on any atom is -0.330 e. The van der Waals surface area contributed by atoms with Gasteiger partial charge in [0.2, 0.25) is 0 Å². The summed E-state index contributed by atoms with van der Waals surface area (Å²) in [4.78, 5) is 0. The summed E-state index contributed by atoms with van der Waals surface area (Å²) in [5.41, 5.74) is 6.64. The third kappa shape index (κ3) is 4.52. The molecular weight excluding hydrogens is 184 g/mol. The summed E-state index contributed by atoms with van der Waals surface area (Å²) in [5, 5.41) is 3.60. The second-order valence-corrected chi connectivity index (χ2v) is 6.57. The van der Waals surface area contributed by atoms with Crippen LogP contribution in [0.15, 0.2) is 0 Å². The van der Waals surface area contributed by atoms with Crippen LogP contribution >= 0.6 is 0 Å². The van der Waals surface area contributed by atoms with Crippen molar-refractivity contribution in [2.24, 2.45) is 22.5 Å². The maximum Gasteiger partial charge on any atom is 0.00201 e. The summed E-state index contributed by atoms with van der Waals surface area (Å²) in [7, 11) is 0. The number of nitrogens with two attached hydrogens (primary N) is 1. The van der Waals surface area contributed by atoms with Crippen LogP contribution in [-0.2, 0) is 0 Å². The Hall–Kier alpha value is -0.0800. The van der Waals surface area contributed by atoms with Crippen molar-refractivity contribution in [1.82, 2.24) is 5.32 Å². The largest absolute Gasteiger partial charge is 0.330 e. The Morgan fingerprint density at radius 1 is 1.33 bits per heavy atom. The molecule has 0 aromatic carbocycles. The molecule has 1 saturated carbocycles. The molecule has 1 aliphatic carbocycles. The normalized spacial score (nSPS) is 19.6. The fraction of sp³-hybridized carbons (Fsp3) is 1.00. The van der Waals surface area contributed by atoms with Gasteiger partial charge in [-0.25, -0.2) is 0 Å². The molecule has 0 aromatic rings. The van der Waals surface area contributed by atoms with Gasteiger partial charge in [-0.1, -0.05) is 27.7 Å². The van der Waals surface area contributed by atoms with Crippen LogP contribution in [0.1, 0.15) is 47.0 Å². The Balaban J connectivity index is 2.18. The van der Waals surface area contributed by atoms with Crippen molar-refractivity contribution in [3.8, 4) is 0 Å². The first-order valence-corrected chi connectivity index (χ1v) is 6.30. The standard InChI is InChI=1S/C13H28N2/c1-11(2)7-12(3,4)9-15-10-13(8-14)5-6-13/h11,15H,5-10,14H2,1-4H3. The maximum atomic E-state index is 5.76. The predicted octanol–water partition coefficient (Wildman–Crippen LogP) is 2.39. The highest BCUT2D eigenvalue weighted by Crippen LogP contribution is 2.43. The lowest BCUT2D eigenvalue weighted by Gasteiger charge is -2.28. The summed E-state index contributed by atoms with van der Waals surface area (Å²) in [6.45, 7) is 12.4. The van der Waals surface area contributed by atoms with Crippen LogP contribution < -0.4 is 11.1 Å². The molecule has 0 bridgehead atoms. The minimum absolute atomic E-state index is 0.416. The van der Waals surface area contributed by atoms with E-state index >= 15 is 0 Å². The van der Waals surface area contributed by atoms with E-state index in [2.05, 4.69) is 33.0 Å². The fourth-order valence-corrected chi connectivity index (χ4v) is 2.47. The van der Waals surface area contributed by atoms with Crippen molar-refractivity contribution in [3.05, 3.63) is 0 Å². The Labute approximate surface area is 95.0 Å². The minimum atomic E-state index is 0.416. The zero-order valence-electron chi connectivity index (χ0n) is 10.9. The van der Waals surface area contributed by atoms with E-state index in [1.807, 2.05) is 0 Å². The van der Waals surface area contributed by atoms with Gasteiger partial charge in [0.1, 0.15) is 0 Å². The Morgan fingerprint density at radius 3 is 2.33 bits per heavy atom. The van der Waals surface area contributed by atoms with Crippen LogP contribution in [0, 0.1) is 16.7 Å². The van der Waals surface area contributed by atoms with E-state index in [0.717, 1.165) is 25.6 Å². The van der Waals surface area contributed by atoms with Crippen molar-refractivity contribution in [2.45, 2.75) is 47.0 Å². The highest BCUT2D eigenvalue weighted by molar-refractivity contribution is 4.95. The molecule has 1 fully saturated rings. The summed E-state index contributed by atoms with van der Waals surface area (Å²) < 4.78 is 0. The maximum absolute atomic E-state index is 5.76. The summed E-state index contributed by atoms with van der Waals surface area (Å²) in [6, 6.07) is 0. The molecule has 0 heterocycles. The molecule has 3 N–H and O–H groups in total. The summed E-state index contributed by atoms with van der Waals surface area (Å²) in [6.07, 6.45) is 3.93. The zero-order valence-corrected chi connectivity index (χ0v) is 10.9. The van der Waals surface area contributed by atoms with Gasteiger partial charge in [-0.15, -0.1) is 0 Å². The molecular formula is C13H28N2. The average Bonchev–Trinajstić information content (AvgIpc) is 2.82. The monoisotopic (exact) mass is 212 g/mol.